The van der Waals surface area contributed by atoms with Gasteiger partial charge in [0.1, 0.15) is 16.1 Å². The van der Waals surface area contributed by atoms with Gasteiger partial charge in [0, 0.05) is 34.7 Å². The molecule has 0 bridgehead atoms. The highest BCUT2D eigenvalue weighted by Gasteiger charge is 2.26. The van der Waals surface area contributed by atoms with E-state index in [1.54, 1.807) is 36.7 Å². The fourth-order valence-corrected chi connectivity index (χ4v) is 4.16. The predicted octanol–water partition coefficient (Wildman–Crippen LogP) is 3.89. The molecule has 6 nitrogen and oxygen atoms in total. The molecule has 0 amide bonds. The van der Waals surface area contributed by atoms with Crippen molar-refractivity contribution in [2.24, 2.45) is 4.40 Å². The van der Waals surface area contributed by atoms with Gasteiger partial charge < -0.3 is 4.55 Å². The summed E-state index contributed by atoms with van der Waals surface area (Å²) in [5, 5.41) is 0.668. The summed E-state index contributed by atoms with van der Waals surface area (Å²) >= 11 is -1.43. The fraction of sp³-hybridized carbons (Fsp3) is 0.286. The van der Waals surface area contributed by atoms with Crippen LogP contribution in [0.2, 0.25) is 0 Å². The number of hydrogen-bond acceptors (Lipinski definition) is 6. The van der Waals surface area contributed by atoms with Crippen molar-refractivity contribution in [1.29, 1.82) is 0 Å². The summed E-state index contributed by atoms with van der Waals surface area (Å²) in [5.41, 5.74) is 3.11. The Balaban J connectivity index is 2.31. The third kappa shape index (κ3) is 4.66. The molecule has 0 spiro atoms. The summed E-state index contributed by atoms with van der Waals surface area (Å²) in [7, 11) is -3.46. The quantitative estimate of drug-likeness (QED) is 0.463. The molecule has 2 aromatic heterocycles. The molecule has 2 heterocycles. The van der Waals surface area contributed by atoms with Gasteiger partial charge in [0.25, 0.3) is 0 Å². The van der Waals surface area contributed by atoms with Crippen LogP contribution < -0.4 is 0 Å². The number of benzene rings is 1. The van der Waals surface area contributed by atoms with Crippen LogP contribution in [0.4, 0.5) is 0 Å². The number of rotatable bonds is 4. The standard InChI is InChI=1S/C21H23N3O3S2/c1-14-17(9-7-11-22-14)19-16(13-23-28(25)21(2,3)4)12-15-8-6-10-18(20(15)24-19)29(5,26)27/h6-13H,1-5H3/b23-13+. The van der Waals surface area contributed by atoms with Crippen molar-refractivity contribution in [2.45, 2.75) is 37.3 Å². The van der Waals surface area contributed by atoms with Crippen LogP contribution in [0.3, 0.4) is 0 Å². The number of fused-ring (bicyclic) bond motifs is 1. The van der Waals surface area contributed by atoms with E-state index in [4.69, 9.17) is 4.98 Å². The first-order chi connectivity index (χ1) is 13.5. The summed E-state index contributed by atoms with van der Waals surface area (Å²) in [6.07, 6.45) is 4.40. The molecule has 1 atom stereocenters. The Bertz CT molecular complexity index is 1200. The third-order valence-electron chi connectivity index (χ3n) is 4.31. The van der Waals surface area contributed by atoms with Crippen LogP contribution in [0.1, 0.15) is 32.0 Å². The Labute approximate surface area is 174 Å². The van der Waals surface area contributed by atoms with E-state index < -0.39 is 25.9 Å². The van der Waals surface area contributed by atoms with E-state index >= 15 is 0 Å². The smallest absolute Gasteiger partial charge is 0.177 e. The molecule has 8 heteroatoms. The largest absolute Gasteiger partial charge is 0.591 e. The van der Waals surface area contributed by atoms with Gasteiger partial charge in [-0.2, -0.15) is 0 Å². The number of nitrogens with zero attached hydrogens (tertiary/aromatic N) is 3. The van der Waals surface area contributed by atoms with E-state index in [1.165, 1.54) is 6.26 Å². The Morgan fingerprint density at radius 1 is 1.17 bits per heavy atom. The molecule has 29 heavy (non-hydrogen) atoms. The molecule has 1 aromatic carbocycles. The van der Waals surface area contributed by atoms with Gasteiger partial charge in [-0.25, -0.2) is 13.4 Å². The Hall–Kier alpha value is -2.29. The molecular weight excluding hydrogens is 406 g/mol. The summed E-state index contributed by atoms with van der Waals surface area (Å²) in [6, 6.07) is 10.5. The number of pyridine rings is 2. The lowest BCUT2D eigenvalue weighted by atomic mass is 10.0. The van der Waals surface area contributed by atoms with Crippen LogP contribution in [-0.4, -0.2) is 40.2 Å². The van der Waals surface area contributed by atoms with E-state index in [1.807, 2.05) is 39.8 Å². The minimum atomic E-state index is -3.46. The molecule has 0 aliphatic carbocycles. The van der Waals surface area contributed by atoms with Gasteiger partial charge >= 0.3 is 0 Å². The second kappa shape index (κ2) is 7.85. The molecule has 0 saturated heterocycles. The molecule has 0 N–H and O–H groups in total. The summed E-state index contributed by atoms with van der Waals surface area (Å²) < 4.78 is 40.6. The molecule has 3 aromatic rings. The monoisotopic (exact) mass is 429 g/mol. The molecule has 0 saturated carbocycles. The first-order valence-corrected chi connectivity index (χ1v) is 12.0. The lowest BCUT2D eigenvalue weighted by Crippen LogP contribution is -2.25. The Morgan fingerprint density at radius 3 is 2.52 bits per heavy atom. The Morgan fingerprint density at radius 2 is 1.90 bits per heavy atom. The van der Waals surface area contributed by atoms with Crippen molar-refractivity contribution < 1.29 is 13.0 Å². The molecule has 0 aliphatic heterocycles. The predicted molar refractivity (Wildman–Crippen MR) is 118 cm³/mol. The number of aromatic nitrogens is 2. The normalized spacial score (nSPS) is 13.9. The van der Waals surface area contributed by atoms with Crippen LogP contribution in [0.5, 0.6) is 0 Å². The van der Waals surface area contributed by atoms with Crippen molar-refractivity contribution in [3.05, 3.63) is 53.9 Å². The zero-order valence-electron chi connectivity index (χ0n) is 17.0. The van der Waals surface area contributed by atoms with Gasteiger partial charge in [-0.05, 0) is 52.0 Å². The van der Waals surface area contributed by atoms with Gasteiger partial charge in [0.05, 0.1) is 22.3 Å². The van der Waals surface area contributed by atoms with E-state index in [0.717, 1.165) is 11.3 Å². The summed E-state index contributed by atoms with van der Waals surface area (Å²) in [5.74, 6) is 0. The summed E-state index contributed by atoms with van der Waals surface area (Å²) in [6.45, 7) is 7.41. The topological polar surface area (TPSA) is 95.3 Å². The molecule has 0 radical (unpaired) electrons. The highest BCUT2D eigenvalue weighted by atomic mass is 32.2. The van der Waals surface area contributed by atoms with Crippen molar-refractivity contribution in [3.63, 3.8) is 0 Å². The maximum atomic E-state index is 12.4. The van der Waals surface area contributed by atoms with E-state index in [2.05, 4.69) is 9.38 Å². The average Bonchev–Trinajstić information content (AvgIpc) is 2.63. The van der Waals surface area contributed by atoms with Crippen molar-refractivity contribution in [3.8, 4) is 11.3 Å². The lowest BCUT2D eigenvalue weighted by Gasteiger charge is -2.18. The van der Waals surface area contributed by atoms with Crippen molar-refractivity contribution >= 4 is 38.3 Å². The van der Waals surface area contributed by atoms with Crippen LogP contribution in [0.25, 0.3) is 22.2 Å². The number of hydrogen-bond donors (Lipinski definition) is 0. The van der Waals surface area contributed by atoms with Gasteiger partial charge in [0.15, 0.2) is 9.84 Å². The first kappa shape index (κ1) is 21.4. The maximum Gasteiger partial charge on any atom is 0.177 e. The van der Waals surface area contributed by atoms with Gasteiger partial charge in [0.2, 0.25) is 0 Å². The van der Waals surface area contributed by atoms with Crippen LogP contribution in [0, 0.1) is 6.92 Å². The SMILES string of the molecule is Cc1ncccc1-c1nc2c(S(C)(=O)=O)cccc2cc1/C=N/[S+]([O-])C(C)(C)C. The van der Waals surface area contributed by atoms with Gasteiger partial charge in [-0.15, -0.1) is 0 Å². The van der Waals surface area contributed by atoms with Gasteiger partial charge in [-0.1, -0.05) is 16.5 Å². The van der Waals surface area contributed by atoms with Crippen molar-refractivity contribution in [1.82, 2.24) is 9.97 Å². The fourth-order valence-electron chi connectivity index (χ4n) is 2.80. The number of para-hydroxylation sites is 1. The second-order valence-electron chi connectivity index (χ2n) is 7.76. The molecule has 3 rings (SSSR count). The Kier molecular flexibility index (Phi) is 5.80. The highest BCUT2D eigenvalue weighted by molar-refractivity contribution is 7.91. The van der Waals surface area contributed by atoms with Crippen LogP contribution >= 0.6 is 0 Å². The first-order valence-electron chi connectivity index (χ1n) is 9.00. The summed E-state index contributed by atoms with van der Waals surface area (Å²) in [4.78, 5) is 9.19. The average molecular weight is 430 g/mol. The van der Waals surface area contributed by atoms with E-state index in [-0.39, 0.29) is 4.90 Å². The lowest BCUT2D eigenvalue weighted by molar-refractivity contribution is 0.562. The van der Waals surface area contributed by atoms with E-state index in [0.29, 0.717) is 22.2 Å². The molecule has 0 aliphatic rings. The van der Waals surface area contributed by atoms with Gasteiger partial charge in [-0.3, -0.25) is 4.98 Å². The third-order valence-corrected chi connectivity index (χ3v) is 6.78. The van der Waals surface area contributed by atoms with Crippen LogP contribution in [0.15, 0.2) is 51.9 Å². The highest BCUT2D eigenvalue weighted by Crippen LogP contribution is 2.30. The number of sulfone groups is 1. The van der Waals surface area contributed by atoms with Crippen LogP contribution in [-0.2, 0) is 21.2 Å². The number of aryl methyl sites for hydroxylation is 1. The molecule has 1 unspecified atom stereocenters. The minimum Gasteiger partial charge on any atom is -0.591 e. The zero-order chi connectivity index (χ0) is 21.4. The minimum absolute atomic E-state index is 0.166. The molecule has 0 fully saturated rings. The van der Waals surface area contributed by atoms with E-state index in [9.17, 15) is 13.0 Å². The zero-order valence-corrected chi connectivity index (χ0v) is 18.6. The molecular formula is C21H23N3O3S2. The molecule has 152 valence electrons. The van der Waals surface area contributed by atoms with Crippen molar-refractivity contribution in [2.75, 3.05) is 6.26 Å². The maximum absolute atomic E-state index is 12.4. The second-order valence-corrected chi connectivity index (χ2v) is 11.7.